The van der Waals surface area contributed by atoms with E-state index < -0.39 is 0 Å². The number of nitrogens with one attached hydrogen (secondary N) is 1. The topological polar surface area (TPSA) is 12.0 Å². The van der Waals surface area contributed by atoms with Gasteiger partial charge in [-0.25, -0.2) is 0 Å². The van der Waals surface area contributed by atoms with Gasteiger partial charge in [0.05, 0.1) is 0 Å². The molecule has 1 aliphatic carbocycles. The van der Waals surface area contributed by atoms with Gasteiger partial charge in [0.1, 0.15) is 0 Å². The van der Waals surface area contributed by atoms with E-state index in [0.717, 1.165) is 6.42 Å². The van der Waals surface area contributed by atoms with E-state index in [1.54, 1.807) is 0 Å². The van der Waals surface area contributed by atoms with Gasteiger partial charge >= 0.3 is 0 Å². The van der Waals surface area contributed by atoms with Crippen molar-refractivity contribution in [2.45, 2.75) is 20.3 Å². The lowest BCUT2D eigenvalue weighted by atomic mass is 9.85. The fourth-order valence-corrected chi connectivity index (χ4v) is 1.17. The average molecular weight is 137 g/mol. The molecule has 0 bridgehead atoms. The summed E-state index contributed by atoms with van der Waals surface area (Å²) in [5, 5.41) is 3.13. The molecule has 1 heteroatoms. The van der Waals surface area contributed by atoms with E-state index in [1.165, 1.54) is 5.70 Å². The second-order valence-electron chi connectivity index (χ2n) is 3.44. The van der Waals surface area contributed by atoms with Crippen LogP contribution >= 0.6 is 0 Å². The minimum Gasteiger partial charge on any atom is -0.388 e. The van der Waals surface area contributed by atoms with E-state index in [9.17, 15) is 0 Å². The summed E-state index contributed by atoms with van der Waals surface area (Å²) < 4.78 is 0. The highest BCUT2D eigenvalue weighted by atomic mass is 14.8. The van der Waals surface area contributed by atoms with Crippen LogP contribution in [-0.2, 0) is 0 Å². The van der Waals surface area contributed by atoms with E-state index in [4.69, 9.17) is 0 Å². The van der Waals surface area contributed by atoms with Crippen molar-refractivity contribution in [2.24, 2.45) is 5.41 Å². The van der Waals surface area contributed by atoms with Gasteiger partial charge in [0, 0.05) is 12.7 Å². The molecule has 1 nitrogen and oxygen atoms in total. The number of hydrogen-bond acceptors (Lipinski definition) is 1. The molecule has 0 aromatic rings. The molecule has 0 radical (unpaired) electrons. The molecule has 0 saturated carbocycles. The second-order valence-corrected chi connectivity index (χ2v) is 3.44. The lowest BCUT2D eigenvalue weighted by Crippen LogP contribution is -2.15. The average Bonchev–Trinajstić information content (AvgIpc) is 1.86. The molecule has 1 rings (SSSR count). The maximum Gasteiger partial charge on any atom is 0.0299 e. The first-order chi connectivity index (χ1) is 4.64. The summed E-state index contributed by atoms with van der Waals surface area (Å²) in [5.41, 5.74) is 1.57. The molecular formula is C9H15N. The van der Waals surface area contributed by atoms with Crippen molar-refractivity contribution in [3.63, 3.8) is 0 Å². The largest absolute Gasteiger partial charge is 0.388 e. The molecule has 0 unspecified atom stereocenters. The van der Waals surface area contributed by atoms with Crippen LogP contribution in [0.5, 0.6) is 0 Å². The molecule has 0 aliphatic heterocycles. The van der Waals surface area contributed by atoms with Gasteiger partial charge < -0.3 is 5.32 Å². The number of hydrogen-bond donors (Lipinski definition) is 1. The van der Waals surface area contributed by atoms with Crippen LogP contribution in [0, 0.1) is 5.41 Å². The van der Waals surface area contributed by atoms with Crippen LogP contribution in [0.4, 0.5) is 0 Å². The van der Waals surface area contributed by atoms with Crippen LogP contribution in [0.2, 0.25) is 0 Å². The van der Waals surface area contributed by atoms with Crippen molar-refractivity contribution in [1.82, 2.24) is 5.32 Å². The lowest BCUT2D eigenvalue weighted by molar-refractivity contribution is 0.477. The smallest absolute Gasteiger partial charge is 0.0299 e. The summed E-state index contributed by atoms with van der Waals surface area (Å²) in [6, 6.07) is 0. The highest BCUT2D eigenvalue weighted by molar-refractivity contribution is 5.24. The summed E-state index contributed by atoms with van der Waals surface area (Å²) >= 11 is 0. The molecule has 0 aromatic heterocycles. The number of likely N-dealkylation sites (N-methyl/N-ethyl adjacent to an activating group) is 1. The first-order valence-corrected chi connectivity index (χ1v) is 3.71. The molecular weight excluding hydrogens is 122 g/mol. The molecule has 0 aromatic carbocycles. The van der Waals surface area contributed by atoms with Crippen LogP contribution in [0.15, 0.2) is 23.9 Å². The van der Waals surface area contributed by atoms with Crippen molar-refractivity contribution < 1.29 is 0 Å². The van der Waals surface area contributed by atoms with Crippen molar-refractivity contribution in [2.75, 3.05) is 7.05 Å². The van der Waals surface area contributed by atoms with Gasteiger partial charge in [-0.3, -0.25) is 0 Å². The molecule has 1 aliphatic rings. The van der Waals surface area contributed by atoms with E-state index >= 15 is 0 Å². The molecule has 0 heterocycles. The molecule has 0 spiro atoms. The molecule has 0 fully saturated rings. The Balaban J connectivity index is 2.75. The Hall–Kier alpha value is -0.720. The predicted molar refractivity (Wildman–Crippen MR) is 44.7 cm³/mol. The van der Waals surface area contributed by atoms with Gasteiger partial charge in [0.25, 0.3) is 0 Å². The zero-order valence-corrected chi connectivity index (χ0v) is 6.94. The van der Waals surface area contributed by atoms with E-state index in [0.29, 0.717) is 5.41 Å². The maximum absolute atomic E-state index is 3.13. The molecule has 0 saturated heterocycles. The fourth-order valence-electron chi connectivity index (χ4n) is 1.17. The van der Waals surface area contributed by atoms with Crippen molar-refractivity contribution in [1.29, 1.82) is 0 Å². The van der Waals surface area contributed by atoms with Gasteiger partial charge in [-0.05, 0) is 17.9 Å². The third-order valence-electron chi connectivity index (χ3n) is 1.78. The Morgan fingerprint density at radius 1 is 1.50 bits per heavy atom. The first-order valence-electron chi connectivity index (χ1n) is 3.71. The van der Waals surface area contributed by atoms with Crippen LogP contribution in [0.3, 0.4) is 0 Å². The Morgan fingerprint density at radius 2 is 2.20 bits per heavy atom. The highest BCUT2D eigenvalue weighted by Crippen LogP contribution is 2.27. The molecule has 1 N–H and O–H groups in total. The highest BCUT2D eigenvalue weighted by Gasteiger charge is 2.15. The first kappa shape index (κ1) is 7.39. The molecule has 56 valence electrons. The van der Waals surface area contributed by atoms with Crippen molar-refractivity contribution in [3.05, 3.63) is 23.9 Å². The van der Waals surface area contributed by atoms with Gasteiger partial charge in [0.15, 0.2) is 0 Å². The fraction of sp³-hybridized carbons (Fsp3) is 0.556. The molecule has 10 heavy (non-hydrogen) atoms. The summed E-state index contributed by atoms with van der Waals surface area (Å²) in [6.45, 7) is 4.49. The third kappa shape index (κ3) is 1.63. The summed E-state index contributed by atoms with van der Waals surface area (Å²) in [5.74, 6) is 0. The Labute approximate surface area is 62.8 Å². The van der Waals surface area contributed by atoms with Gasteiger partial charge in [-0.1, -0.05) is 26.0 Å². The zero-order chi connectivity index (χ0) is 7.61. The van der Waals surface area contributed by atoms with E-state index in [1.807, 2.05) is 7.05 Å². The van der Waals surface area contributed by atoms with Crippen LogP contribution in [0.1, 0.15) is 20.3 Å². The molecule has 0 amide bonds. The number of allylic oxidation sites excluding steroid dienone is 3. The van der Waals surface area contributed by atoms with Gasteiger partial charge in [0.2, 0.25) is 0 Å². The third-order valence-corrected chi connectivity index (χ3v) is 1.78. The van der Waals surface area contributed by atoms with E-state index in [-0.39, 0.29) is 0 Å². The lowest BCUT2D eigenvalue weighted by Gasteiger charge is -2.22. The van der Waals surface area contributed by atoms with Crippen molar-refractivity contribution in [3.8, 4) is 0 Å². The SMILES string of the molecule is CNC1=CC(C)(C)CC=C1. The summed E-state index contributed by atoms with van der Waals surface area (Å²) in [4.78, 5) is 0. The summed E-state index contributed by atoms with van der Waals surface area (Å²) in [6.07, 6.45) is 7.77. The van der Waals surface area contributed by atoms with E-state index in [2.05, 4.69) is 37.4 Å². The van der Waals surface area contributed by atoms with Gasteiger partial charge in [-0.2, -0.15) is 0 Å². The Kier molecular flexibility index (Phi) is 1.84. The Morgan fingerprint density at radius 3 is 2.60 bits per heavy atom. The second kappa shape index (κ2) is 2.49. The monoisotopic (exact) mass is 137 g/mol. The van der Waals surface area contributed by atoms with Crippen LogP contribution in [-0.4, -0.2) is 7.05 Å². The van der Waals surface area contributed by atoms with Crippen LogP contribution < -0.4 is 5.32 Å². The predicted octanol–water partition coefficient (Wildman–Crippen LogP) is 2.08. The normalized spacial score (nSPS) is 22.1. The van der Waals surface area contributed by atoms with Crippen molar-refractivity contribution >= 4 is 0 Å². The Bertz CT molecular complexity index is 175. The minimum absolute atomic E-state index is 0.340. The van der Waals surface area contributed by atoms with Crippen LogP contribution in [0.25, 0.3) is 0 Å². The quantitative estimate of drug-likeness (QED) is 0.583. The maximum atomic E-state index is 3.13. The summed E-state index contributed by atoms with van der Waals surface area (Å²) in [7, 11) is 1.96. The zero-order valence-electron chi connectivity index (χ0n) is 6.94. The minimum atomic E-state index is 0.340. The number of rotatable bonds is 1. The van der Waals surface area contributed by atoms with Gasteiger partial charge in [-0.15, -0.1) is 0 Å². The molecule has 0 atom stereocenters. The standard InChI is InChI=1S/C9H15N/c1-9(2)6-4-5-8(7-9)10-3/h4-5,7,10H,6H2,1-3H3.